The van der Waals surface area contributed by atoms with Gasteiger partial charge in [-0.3, -0.25) is 4.98 Å². The monoisotopic (exact) mass is 216 g/mol. The molecule has 0 spiro atoms. The van der Waals surface area contributed by atoms with Gasteiger partial charge in [-0.1, -0.05) is 0 Å². The zero-order valence-electron chi connectivity index (χ0n) is 9.43. The highest BCUT2D eigenvalue weighted by Gasteiger charge is 1.97. The fraction of sp³-hybridized carbons (Fsp3) is 0.333. The molecule has 0 aliphatic carbocycles. The van der Waals surface area contributed by atoms with Crippen LogP contribution >= 0.6 is 0 Å². The molecule has 0 saturated carbocycles. The van der Waals surface area contributed by atoms with E-state index in [9.17, 15) is 0 Å². The van der Waals surface area contributed by atoms with E-state index in [1.807, 2.05) is 48.7 Å². The lowest BCUT2D eigenvalue weighted by Gasteiger charge is -2.05. The van der Waals surface area contributed by atoms with Crippen LogP contribution in [0.2, 0.25) is 0 Å². The second-order valence-electron chi connectivity index (χ2n) is 3.78. The van der Waals surface area contributed by atoms with Gasteiger partial charge in [-0.2, -0.15) is 0 Å². The molecule has 2 heterocycles. The minimum atomic E-state index is 0.863. The van der Waals surface area contributed by atoms with Crippen LogP contribution in [0.25, 0.3) is 0 Å². The third-order valence-corrected chi connectivity index (χ3v) is 2.56. The topological polar surface area (TPSA) is 42.7 Å². The summed E-state index contributed by atoms with van der Waals surface area (Å²) in [5.74, 6) is 0. The predicted octanol–water partition coefficient (Wildman–Crippen LogP) is 1.15. The standard InChI is InChI=1S/C12H16N4/c1-16-10-15-9-12(16)8-14-7-4-11-2-5-13-6-3-11/h2-3,5-6,9-10,14H,4,7-8H2,1H3. The second kappa shape index (κ2) is 5.42. The maximum Gasteiger partial charge on any atom is 0.0945 e. The fourth-order valence-corrected chi connectivity index (χ4v) is 1.55. The van der Waals surface area contributed by atoms with E-state index in [2.05, 4.69) is 15.3 Å². The highest BCUT2D eigenvalue weighted by atomic mass is 15.0. The molecule has 4 nitrogen and oxygen atoms in total. The molecule has 0 amide bonds. The molecule has 0 radical (unpaired) electrons. The van der Waals surface area contributed by atoms with Crippen molar-refractivity contribution >= 4 is 0 Å². The Balaban J connectivity index is 1.72. The van der Waals surface area contributed by atoms with Gasteiger partial charge in [0.2, 0.25) is 0 Å². The summed E-state index contributed by atoms with van der Waals surface area (Å²) in [5.41, 5.74) is 2.52. The SMILES string of the molecule is Cn1cncc1CNCCc1ccncc1. The molecule has 2 aromatic heterocycles. The quantitative estimate of drug-likeness (QED) is 0.762. The molecule has 0 unspecified atom stereocenters. The maximum atomic E-state index is 4.07. The normalized spacial score (nSPS) is 10.6. The van der Waals surface area contributed by atoms with Gasteiger partial charge in [-0.25, -0.2) is 4.98 Å². The van der Waals surface area contributed by atoms with Gasteiger partial charge in [-0.05, 0) is 30.7 Å². The van der Waals surface area contributed by atoms with E-state index in [1.54, 1.807) is 0 Å². The number of hydrogen-bond donors (Lipinski definition) is 1. The summed E-state index contributed by atoms with van der Waals surface area (Å²) in [5, 5.41) is 3.40. The van der Waals surface area contributed by atoms with Crippen molar-refractivity contribution in [3.8, 4) is 0 Å². The van der Waals surface area contributed by atoms with Crippen LogP contribution in [0.1, 0.15) is 11.3 Å². The first-order valence-electron chi connectivity index (χ1n) is 5.41. The number of aromatic nitrogens is 3. The molecule has 0 saturated heterocycles. The average molecular weight is 216 g/mol. The smallest absolute Gasteiger partial charge is 0.0945 e. The minimum absolute atomic E-state index is 0.863. The Labute approximate surface area is 95.4 Å². The van der Waals surface area contributed by atoms with Crippen LogP contribution in [0.5, 0.6) is 0 Å². The summed E-state index contributed by atoms with van der Waals surface area (Å²) in [7, 11) is 2.01. The van der Waals surface area contributed by atoms with Crippen molar-refractivity contribution in [3.63, 3.8) is 0 Å². The number of hydrogen-bond acceptors (Lipinski definition) is 3. The number of pyridine rings is 1. The molecule has 0 aliphatic heterocycles. The van der Waals surface area contributed by atoms with E-state index in [-0.39, 0.29) is 0 Å². The maximum absolute atomic E-state index is 4.07. The lowest BCUT2D eigenvalue weighted by Crippen LogP contribution is -2.18. The Kier molecular flexibility index (Phi) is 3.66. The molecule has 84 valence electrons. The van der Waals surface area contributed by atoms with Crippen molar-refractivity contribution in [2.24, 2.45) is 7.05 Å². The van der Waals surface area contributed by atoms with E-state index in [4.69, 9.17) is 0 Å². The minimum Gasteiger partial charge on any atom is -0.337 e. The van der Waals surface area contributed by atoms with Gasteiger partial charge in [0.05, 0.1) is 12.0 Å². The Bertz CT molecular complexity index is 422. The Morgan fingerprint density at radius 2 is 2.06 bits per heavy atom. The van der Waals surface area contributed by atoms with Crippen LogP contribution in [0.4, 0.5) is 0 Å². The number of nitrogens with one attached hydrogen (secondary N) is 1. The van der Waals surface area contributed by atoms with Crippen molar-refractivity contribution in [1.29, 1.82) is 0 Å². The third-order valence-electron chi connectivity index (χ3n) is 2.56. The van der Waals surface area contributed by atoms with Crippen LogP contribution in [0.3, 0.4) is 0 Å². The lowest BCUT2D eigenvalue weighted by atomic mass is 10.2. The summed E-state index contributed by atoms with van der Waals surface area (Å²) in [6, 6.07) is 4.09. The van der Waals surface area contributed by atoms with Gasteiger partial charge in [0.1, 0.15) is 0 Å². The van der Waals surface area contributed by atoms with Crippen molar-refractivity contribution in [3.05, 3.63) is 48.3 Å². The summed E-state index contributed by atoms with van der Waals surface area (Å²) in [6.07, 6.45) is 8.40. The van der Waals surface area contributed by atoms with Gasteiger partial charge >= 0.3 is 0 Å². The lowest BCUT2D eigenvalue weighted by molar-refractivity contribution is 0.652. The molecule has 0 bridgehead atoms. The molecule has 16 heavy (non-hydrogen) atoms. The van der Waals surface area contributed by atoms with Crippen LogP contribution in [0.15, 0.2) is 37.1 Å². The molecule has 0 aliphatic rings. The van der Waals surface area contributed by atoms with E-state index in [0.29, 0.717) is 0 Å². The van der Waals surface area contributed by atoms with Crippen LogP contribution in [0, 0.1) is 0 Å². The molecule has 2 aromatic rings. The molecule has 0 atom stereocenters. The van der Waals surface area contributed by atoms with Gasteiger partial charge < -0.3 is 9.88 Å². The van der Waals surface area contributed by atoms with Gasteiger partial charge in [0.25, 0.3) is 0 Å². The summed E-state index contributed by atoms with van der Waals surface area (Å²) < 4.78 is 2.03. The van der Waals surface area contributed by atoms with Gasteiger partial charge in [-0.15, -0.1) is 0 Å². The fourth-order valence-electron chi connectivity index (χ4n) is 1.55. The largest absolute Gasteiger partial charge is 0.337 e. The van der Waals surface area contributed by atoms with Gasteiger partial charge in [0, 0.05) is 32.2 Å². The number of nitrogens with zero attached hydrogens (tertiary/aromatic N) is 3. The third kappa shape index (κ3) is 2.90. The van der Waals surface area contributed by atoms with Crippen LogP contribution < -0.4 is 5.32 Å². The van der Waals surface area contributed by atoms with Crippen LogP contribution in [-0.2, 0) is 20.0 Å². The first-order valence-corrected chi connectivity index (χ1v) is 5.41. The summed E-state index contributed by atoms with van der Waals surface area (Å²) in [4.78, 5) is 8.07. The van der Waals surface area contributed by atoms with Crippen molar-refractivity contribution in [1.82, 2.24) is 19.9 Å². The molecular weight excluding hydrogens is 200 g/mol. The van der Waals surface area contributed by atoms with Gasteiger partial charge in [0.15, 0.2) is 0 Å². The number of rotatable bonds is 5. The summed E-state index contributed by atoms with van der Waals surface area (Å²) >= 11 is 0. The molecule has 2 rings (SSSR count). The predicted molar refractivity (Wildman–Crippen MR) is 62.9 cm³/mol. The molecule has 0 aromatic carbocycles. The highest BCUT2D eigenvalue weighted by molar-refractivity contribution is 5.09. The first-order chi connectivity index (χ1) is 7.86. The highest BCUT2D eigenvalue weighted by Crippen LogP contribution is 1.98. The Hall–Kier alpha value is -1.68. The molecule has 4 heteroatoms. The summed E-state index contributed by atoms with van der Waals surface area (Å²) in [6.45, 7) is 1.83. The Morgan fingerprint density at radius 1 is 1.25 bits per heavy atom. The number of imidazole rings is 1. The number of aryl methyl sites for hydroxylation is 1. The zero-order chi connectivity index (χ0) is 11.2. The zero-order valence-corrected chi connectivity index (χ0v) is 9.43. The molecule has 1 N–H and O–H groups in total. The van der Waals surface area contributed by atoms with E-state index >= 15 is 0 Å². The molecule has 0 fully saturated rings. The Morgan fingerprint density at radius 3 is 2.75 bits per heavy atom. The molecular formula is C12H16N4. The van der Waals surface area contributed by atoms with Crippen LogP contribution in [-0.4, -0.2) is 21.1 Å². The van der Waals surface area contributed by atoms with Crippen molar-refractivity contribution < 1.29 is 0 Å². The van der Waals surface area contributed by atoms with E-state index in [0.717, 1.165) is 19.5 Å². The second-order valence-corrected chi connectivity index (χ2v) is 3.78. The van der Waals surface area contributed by atoms with E-state index in [1.165, 1.54) is 11.3 Å². The van der Waals surface area contributed by atoms with Crippen molar-refractivity contribution in [2.45, 2.75) is 13.0 Å². The first kappa shape index (κ1) is 10.8. The van der Waals surface area contributed by atoms with Crippen molar-refractivity contribution in [2.75, 3.05) is 6.54 Å². The van der Waals surface area contributed by atoms with E-state index < -0.39 is 0 Å². The average Bonchev–Trinajstić information content (AvgIpc) is 2.72.